The largest absolute Gasteiger partial charge is 0.389 e. The first-order chi connectivity index (χ1) is 8.46. The molecule has 0 radical (unpaired) electrons. The average Bonchev–Trinajstić information content (AvgIpc) is 2.29. The highest BCUT2D eigenvalue weighted by Crippen LogP contribution is 2.20. The molecular formula is C14H23N3O. The van der Waals surface area contributed by atoms with Crippen LogP contribution in [0.3, 0.4) is 0 Å². The summed E-state index contributed by atoms with van der Waals surface area (Å²) in [5, 5.41) is 9.83. The summed E-state index contributed by atoms with van der Waals surface area (Å²) in [7, 11) is 0. The van der Waals surface area contributed by atoms with E-state index in [4.69, 9.17) is 0 Å². The molecule has 4 nitrogen and oxygen atoms in total. The van der Waals surface area contributed by atoms with Crippen molar-refractivity contribution in [3.8, 4) is 0 Å². The van der Waals surface area contributed by atoms with Crippen molar-refractivity contribution in [2.45, 2.75) is 26.4 Å². The second kappa shape index (κ2) is 5.24. The third-order valence-electron chi connectivity index (χ3n) is 3.31. The molecule has 1 aliphatic rings. The van der Waals surface area contributed by atoms with E-state index in [9.17, 15) is 5.11 Å². The molecule has 0 unspecified atom stereocenters. The Morgan fingerprint density at radius 3 is 2.50 bits per heavy atom. The normalized spacial score (nSPS) is 18.1. The van der Waals surface area contributed by atoms with Gasteiger partial charge in [0.15, 0.2) is 0 Å². The molecule has 100 valence electrons. The summed E-state index contributed by atoms with van der Waals surface area (Å²) in [6, 6.07) is 2.08. The Bertz CT molecular complexity index is 392. The molecule has 2 heterocycles. The van der Waals surface area contributed by atoms with E-state index in [0.717, 1.165) is 32.7 Å². The fourth-order valence-corrected chi connectivity index (χ4v) is 2.51. The van der Waals surface area contributed by atoms with Crippen LogP contribution in [0.5, 0.6) is 0 Å². The number of rotatable bonds is 3. The monoisotopic (exact) mass is 249 g/mol. The number of anilines is 1. The maximum absolute atomic E-state index is 9.83. The van der Waals surface area contributed by atoms with Gasteiger partial charge in [-0.1, -0.05) is 0 Å². The topological polar surface area (TPSA) is 39.6 Å². The highest BCUT2D eigenvalue weighted by atomic mass is 16.3. The van der Waals surface area contributed by atoms with Gasteiger partial charge in [0.1, 0.15) is 0 Å². The first kappa shape index (κ1) is 13.3. The van der Waals surface area contributed by atoms with E-state index in [2.05, 4.69) is 27.8 Å². The van der Waals surface area contributed by atoms with Crippen LogP contribution in [0.4, 0.5) is 5.69 Å². The zero-order valence-corrected chi connectivity index (χ0v) is 11.6. The number of hydrogen-bond acceptors (Lipinski definition) is 4. The minimum atomic E-state index is -0.602. The molecule has 0 spiro atoms. The maximum atomic E-state index is 9.83. The van der Waals surface area contributed by atoms with Crippen molar-refractivity contribution in [3.05, 3.63) is 24.0 Å². The Kier molecular flexibility index (Phi) is 3.88. The second-order valence-electron chi connectivity index (χ2n) is 5.74. The summed E-state index contributed by atoms with van der Waals surface area (Å²) in [5.41, 5.74) is 1.91. The van der Waals surface area contributed by atoms with Crippen LogP contribution in [0, 0.1) is 6.92 Å². The highest BCUT2D eigenvalue weighted by molar-refractivity contribution is 5.51. The molecule has 4 heteroatoms. The van der Waals surface area contributed by atoms with E-state index in [0.29, 0.717) is 0 Å². The molecule has 0 saturated carbocycles. The van der Waals surface area contributed by atoms with E-state index in [1.165, 1.54) is 11.3 Å². The van der Waals surface area contributed by atoms with E-state index in [1.807, 2.05) is 26.2 Å². The SMILES string of the molecule is Cc1cnccc1N1CCN(CC(C)(C)O)CC1. The first-order valence-electron chi connectivity index (χ1n) is 6.56. The predicted octanol–water partition coefficient (Wildman–Crippen LogP) is 1.28. The minimum Gasteiger partial charge on any atom is -0.389 e. The van der Waals surface area contributed by atoms with Gasteiger partial charge in [-0.2, -0.15) is 0 Å². The lowest BCUT2D eigenvalue weighted by molar-refractivity contribution is 0.0345. The molecule has 0 aliphatic carbocycles. The number of aromatic nitrogens is 1. The number of β-amino-alcohol motifs (C(OH)–C–C–N with tert-alkyl or cyclic N) is 1. The summed E-state index contributed by atoms with van der Waals surface area (Å²) in [6.07, 6.45) is 3.77. The van der Waals surface area contributed by atoms with Gasteiger partial charge in [0.05, 0.1) is 5.60 Å². The summed E-state index contributed by atoms with van der Waals surface area (Å²) < 4.78 is 0. The highest BCUT2D eigenvalue weighted by Gasteiger charge is 2.23. The third kappa shape index (κ3) is 3.43. The Labute approximate surface area is 109 Å². The number of nitrogens with zero attached hydrogens (tertiary/aromatic N) is 3. The zero-order valence-electron chi connectivity index (χ0n) is 11.6. The molecule has 0 aromatic carbocycles. The Morgan fingerprint density at radius 2 is 1.94 bits per heavy atom. The molecule has 2 rings (SSSR count). The van der Waals surface area contributed by atoms with E-state index >= 15 is 0 Å². The van der Waals surface area contributed by atoms with Gasteiger partial charge in [0, 0.05) is 50.8 Å². The fraction of sp³-hybridized carbons (Fsp3) is 0.643. The van der Waals surface area contributed by atoms with Crippen LogP contribution in [-0.4, -0.2) is 53.3 Å². The van der Waals surface area contributed by atoms with Crippen molar-refractivity contribution in [3.63, 3.8) is 0 Å². The summed E-state index contributed by atoms with van der Waals surface area (Å²) in [4.78, 5) is 8.86. The van der Waals surface area contributed by atoms with Crippen LogP contribution in [0.15, 0.2) is 18.5 Å². The molecule has 1 aromatic heterocycles. The zero-order chi connectivity index (χ0) is 13.2. The van der Waals surface area contributed by atoms with Gasteiger partial charge in [-0.3, -0.25) is 9.88 Å². The van der Waals surface area contributed by atoms with Crippen molar-refractivity contribution < 1.29 is 5.11 Å². The molecule has 0 amide bonds. The lowest BCUT2D eigenvalue weighted by Crippen LogP contribution is -2.50. The molecule has 1 fully saturated rings. The third-order valence-corrected chi connectivity index (χ3v) is 3.31. The summed E-state index contributed by atoms with van der Waals surface area (Å²) in [5.74, 6) is 0. The molecule has 1 saturated heterocycles. The van der Waals surface area contributed by atoms with Crippen molar-refractivity contribution >= 4 is 5.69 Å². The number of hydrogen-bond donors (Lipinski definition) is 1. The van der Waals surface area contributed by atoms with Crippen molar-refractivity contribution in [2.24, 2.45) is 0 Å². The quantitative estimate of drug-likeness (QED) is 0.876. The van der Waals surface area contributed by atoms with Crippen LogP contribution in [0.25, 0.3) is 0 Å². The molecule has 0 bridgehead atoms. The Balaban J connectivity index is 1.93. The number of aliphatic hydroxyl groups is 1. The smallest absolute Gasteiger partial charge is 0.0718 e. The van der Waals surface area contributed by atoms with Gasteiger partial charge < -0.3 is 10.0 Å². The molecule has 1 aromatic rings. The van der Waals surface area contributed by atoms with Gasteiger partial charge in [-0.15, -0.1) is 0 Å². The Morgan fingerprint density at radius 1 is 1.28 bits per heavy atom. The van der Waals surface area contributed by atoms with Crippen molar-refractivity contribution in [1.82, 2.24) is 9.88 Å². The van der Waals surface area contributed by atoms with E-state index < -0.39 is 5.60 Å². The molecule has 18 heavy (non-hydrogen) atoms. The first-order valence-corrected chi connectivity index (χ1v) is 6.56. The van der Waals surface area contributed by atoms with Crippen LogP contribution < -0.4 is 4.90 Å². The lowest BCUT2D eigenvalue weighted by atomic mass is 10.1. The fourth-order valence-electron chi connectivity index (χ4n) is 2.51. The standard InChI is InChI=1S/C14H23N3O/c1-12-10-15-5-4-13(12)17-8-6-16(7-9-17)11-14(2,3)18/h4-5,10,18H,6-9,11H2,1-3H3. The van der Waals surface area contributed by atoms with Crippen LogP contribution in [0.2, 0.25) is 0 Å². The molecule has 1 N–H and O–H groups in total. The second-order valence-corrected chi connectivity index (χ2v) is 5.74. The summed E-state index contributed by atoms with van der Waals surface area (Å²) in [6.45, 7) is 10.6. The van der Waals surface area contributed by atoms with Gasteiger partial charge >= 0.3 is 0 Å². The number of aryl methyl sites for hydroxylation is 1. The molecule has 1 aliphatic heterocycles. The van der Waals surface area contributed by atoms with Crippen molar-refractivity contribution in [2.75, 3.05) is 37.6 Å². The van der Waals surface area contributed by atoms with Gasteiger partial charge in [0.25, 0.3) is 0 Å². The van der Waals surface area contributed by atoms with Gasteiger partial charge in [0.2, 0.25) is 0 Å². The van der Waals surface area contributed by atoms with Gasteiger partial charge in [-0.05, 0) is 32.4 Å². The predicted molar refractivity (Wildman–Crippen MR) is 73.9 cm³/mol. The van der Waals surface area contributed by atoms with Crippen molar-refractivity contribution in [1.29, 1.82) is 0 Å². The molecular weight excluding hydrogens is 226 g/mol. The number of piperazine rings is 1. The lowest BCUT2D eigenvalue weighted by Gasteiger charge is -2.38. The Hall–Kier alpha value is -1.13. The van der Waals surface area contributed by atoms with E-state index in [-0.39, 0.29) is 0 Å². The van der Waals surface area contributed by atoms with Crippen LogP contribution >= 0.6 is 0 Å². The number of pyridine rings is 1. The maximum Gasteiger partial charge on any atom is 0.0718 e. The molecule has 0 atom stereocenters. The van der Waals surface area contributed by atoms with Crippen LogP contribution in [-0.2, 0) is 0 Å². The van der Waals surface area contributed by atoms with E-state index in [1.54, 1.807) is 0 Å². The van der Waals surface area contributed by atoms with Crippen LogP contribution in [0.1, 0.15) is 19.4 Å². The minimum absolute atomic E-state index is 0.602. The average molecular weight is 249 g/mol. The summed E-state index contributed by atoms with van der Waals surface area (Å²) >= 11 is 0. The van der Waals surface area contributed by atoms with Gasteiger partial charge in [-0.25, -0.2) is 0 Å².